The predicted octanol–water partition coefficient (Wildman–Crippen LogP) is 5.28. The summed E-state index contributed by atoms with van der Waals surface area (Å²) in [4.78, 5) is 60.4. The number of nitrogens with one attached hydrogen (secondary N) is 4. The van der Waals surface area contributed by atoms with Crippen molar-refractivity contribution < 1.29 is 32.3 Å². The van der Waals surface area contributed by atoms with E-state index in [-0.39, 0.29) is 57.3 Å². The number of piperidine rings is 1. The van der Waals surface area contributed by atoms with Crippen molar-refractivity contribution in [3.05, 3.63) is 89.1 Å². The van der Waals surface area contributed by atoms with Gasteiger partial charge in [0.05, 0.1) is 11.8 Å². The van der Waals surface area contributed by atoms with E-state index in [2.05, 4.69) is 20.9 Å². The third-order valence-corrected chi connectivity index (χ3v) is 9.20. The molecule has 2 aromatic carbocycles. The van der Waals surface area contributed by atoms with Crippen LogP contribution in [0.15, 0.2) is 66.9 Å². The molecule has 2 heterocycles. The summed E-state index contributed by atoms with van der Waals surface area (Å²) in [7, 11) is 1.82. The van der Waals surface area contributed by atoms with Crippen LogP contribution in [0.3, 0.4) is 0 Å². The van der Waals surface area contributed by atoms with Crippen LogP contribution in [0, 0.1) is 5.41 Å². The molecule has 0 spiro atoms. The van der Waals surface area contributed by atoms with Crippen LogP contribution in [0.25, 0.3) is 0 Å². The Morgan fingerprint density at radius 1 is 0.882 bits per heavy atom. The number of pyridine rings is 1. The molecule has 4 rings (SSSR count). The maximum absolute atomic E-state index is 14.5. The first-order valence-corrected chi connectivity index (χ1v) is 17.1. The third-order valence-electron chi connectivity index (χ3n) is 9.20. The highest BCUT2D eigenvalue weighted by Crippen LogP contribution is 2.37. The number of alkyl halides is 3. The van der Waals surface area contributed by atoms with Crippen molar-refractivity contribution in [3.63, 3.8) is 0 Å². The molecule has 0 atom stereocenters. The van der Waals surface area contributed by atoms with E-state index < -0.39 is 30.1 Å². The van der Waals surface area contributed by atoms with Gasteiger partial charge >= 0.3 is 12.2 Å². The zero-order chi connectivity index (χ0) is 37.0. The number of hydrogen-bond acceptors (Lipinski definition) is 6. The zero-order valence-electron chi connectivity index (χ0n) is 29.2. The number of amides is 5. The summed E-state index contributed by atoms with van der Waals surface area (Å²) in [6.07, 6.45) is -1.31. The van der Waals surface area contributed by atoms with Crippen LogP contribution in [0.1, 0.15) is 55.4 Å². The second-order valence-corrected chi connectivity index (χ2v) is 12.7. The van der Waals surface area contributed by atoms with E-state index in [0.29, 0.717) is 30.9 Å². The molecule has 0 saturated carbocycles. The minimum atomic E-state index is -4.53. The number of benzene rings is 2. The number of hydrogen-bond donors (Lipinski definition) is 4. The van der Waals surface area contributed by atoms with Gasteiger partial charge in [0.15, 0.2) is 0 Å². The highest BCUT2D eigenvalue weighted by Gasteiger charge is 2.44. The molecule has 1 saturated heterocycles. The molecule has 274 valence electrons. The van der Waals surface area contributed by atoms with Gasteiger partial charge in [-0.2, -0.15) is 13.2 Å². The molecule has 1 fully saturated rings. The zero-order valence-corrected chi connectivity index (χ0v) is 29.2. The Kier molecular flexibility index (Phi) is 13.5. The van der Waals surface area contributed by atoms with Gasteiger partial charge in [-0.3, -0.25) is 14.4 Å². The van der Waals surface area contributed by atoms with Gasteiger partial charge in [-0.15, -0.1) is 0 Å². The molecule has 11 nitrogen and oxygen atoms in total. The van der Waals surface area contributed by atoms with Crippen LogP contribution >= 0.6 is 0 Å². The van der Waals surface area contributed by atoms with Crippen molar-refractivity contribution in [2.24, 2.45) is 5.41 Å². The summed E-state index contributed by atoms with van der Waals surface area (Å²) in [5.74, 6) is -0.510. The monoisotopic (exact) mass is 709 g/mol. The number of aryl methyl sites for hydroxylation is 1. The third kappa shape index (κ3) is 11.0. The largest absolute Gasteiger partial charge is 0.405 e. The van der Waals surface area contributed by atoms with E-state index in [4.69, 9.17) is 0 Å². The van der Waals surface area contributed by atoms with E-state index in [1.807, 2.05) is 56.5 Å². The lowest BCUT2D eigenvalue weighted by molar-refractivity contribution is -0.147. The van der Waals surface area contributed by atoms with Gasteiger partial charge in [0.2, 0.25) is 17.7 Å². The number of urea groups is 1. The van der Waals surface area contributed by atoms with Crippen LogP contribution in [0.4, 0.5) is 29.5 Å². The molecule has 0 aliphatic carbocycles. The quantitative estimate of drug-likeness (QED) is 0.180. The molecule has 0 unspecified atom stereocenters. The molecule has 0 radical (unpaired) electrons. The van der Waals surface area contributed by atoms with E-state index >= 15 is 0 Å². The van der Waals surface area contributed by atoms with Crippen molar-refractivity contribution in [2.45, 2.75) is 65.2 Å². The topological polar surface area (TPSA) is 136 Å². The lowest BCUT2D eigenvalue weighted by Gasteiger charge is -2.42. The van der Waals surface area contributed by atoms with Crippen LogP contribution < -0.4 is 21.3 Å². The Morgan fingerprint density at radius 3 is 2.22 bits per heavy atom. The Morgan fingerprint density at radius 2 is 1.59 bits per heavy atom. The number of aromatic nitrogens is 1. The SMILES string of the molecule is CCc1ccc(NC(=O)CN(Cc2ccccc2CNC)C(=O)C2(CC)CCN(C(=O)NCC(F)(F)F)CC2)cc1CC(=O)Nc1ccccn1. The van der Waals surface area contributed by atoms with Crippen LogP contribution in [-0.2, 0) is 40.3 Å². The fourth-order valence-corrected chi connectivity index (χ4v) is 6.34. The van der Waals surface area contributed by atoms with Crippen molar-refractivity contribution >= 4 is 35.3 Å². The molecule has 1 aliphatic heterocycles. The summed E-state index contributed by atoms with van der Waals surface area (Å²) < 4.78 is 38.1. The number of carbonyl (C=O) groups is 4. The minimum absolute atomic E-state index is 0.0700. The van der Waals surface area contributed by atoms with Crippen LogP contribution in [-0.4, -0.2) is 77.9 Å². The van der Waals surface area contributed by atoms with E-state index in [0.717, 1.165) is 22.3 Å². The van der Waals surface area contributed by atoms with Crippen molar-refractivity contribution in [2.75, 3.05) is 43.9 Å². The van der Waals surface area contributed by atoms with Crippen LogP contribution in [0.2, 0.25) is 0 Å². The number of likely N-dealkylation sites (tertiary alicyclic amines) is 1. The summed E-state index contributed by atoms with van der Waals surface area (Å²) in [5, 5.41) is 10.7. The molecule has 1 aliphatic rings. The van der Waals surface area contributed by atoms with Crippen molar-refractivity contribution in [1.82, 2.24) is 25.4 Å². The Bertz CT molecular complexity index is 1660. The fourth-order valence-electron chi connectivity index (χ4n) is 6.34. The van der Waals surface area contributed by atoms with Gasteiger partial charge in [-0.1, -0.05) is 50.2 Å². The maximum atomic E-state index is 14.5. The minimum Gasteiger partial charge on any atom is -0.329 e. The first-order valence-electron chi connectivity index (χ1n) is 17.1. The smallest absolute Gasteiger partial charge is 0.329 e. The van der Waals surface area contributed by atoms with Gasteiger partial charge < -0.3 is 31.1 Å². The number of carbonyl (C=O) groups excluding carboxylic acids is 4. The van der Waals surface area contributed by atoms with Gasteiger partial charge in [-0.25, -0.2) is 9.78 Å². The first-order chi connectivity index (χ1) is 24.4. The summed E-state index contributed by atoms with van der Waals surface area (Å²) in [5.41, 5.74) is 3.07. The average Bonchev–Trinajstić information content (AvgIpc) is 3.11. The van der Waals surface area contributed by atoms with Gasteiger partial charge in [0, 0.05) is 38.1 Å². The molecule has 4 N–H and O–H groups in total. The summed E-state index contributed by atoms with van der Waals surface area (Å²) in [6.45, 7) is 3.03. The second kappa shape index (κ2) is 17.8. The standard InChI is InChI=1S/C37H46F3N7O4/c1-4-26-13-14-30(20-29(26)21-32(48)45-31-12-8-9-17-42-31)44-33(49)24-47(23-28-11-7-6-10-27(28)22-41-3)34(50)36(5-2)15-18-46(19-16-36)35(51)43-25-37(38,39)40/h6-14,17,20,41H,4-5,15-16,18-19,21-25H2,1-3H3,(H,43,51)(H,44,49)(H,42,45,48). The Balaban J connectivity index is 1.52. The molecule has 1 aromatic heterocycles. The van der Waals surface area contributed by atoms with Crippen molar-refractivity contribution in [1.29, 1.82) is 0 Å². The fraction of sp³-hybridized carbons (Fsp3) is 0.432. The molecule has 5 amide bonds. The number of nitrogens with zero attached hydrogens (tertiary/aromatic N) is 3. The van der Waals surface area contributed by atoms with E-state index in [9.17, 15) is 32.3 Å². The summed E-state index contributed by atoms with van der Waals surface area (Å²) in [6, 6.07) is 17.4. The average molecular weight is 710 g/mol. The lowest BCUT2D eigenvalue weighted by atomic mass is 9.74. The lowest BCUT2D eigenvalue weighted by Crippen LogP contribution is -2.54. The number of anilines is 2. The normalized spacial score (nSPS) is 14.0. The Labute approximate surface area is 296 Å². The highest BCUT2D eigenvalue weighted by atomic mass is 19.4. The summed E-state index contributed by atoms with van der Waals surface area (Å²) >= 11 is 0. The van der Waals surface area contributed by atoms with Gasteiger partial charge in [0.1, 0.15) is 18.9 Å². The van der Waals surface area contributed by atoms with E-state index in [1.165, 1.54) is 9.80 Å². The molecular weight excluding hydrogens is 663 g/mol. The molecular formula is C37H46F3N7O4. The van der Waals surface area contributed by atoms with Crippen LogP contribution in [0.5, 0.6) is 0 Å². The van der Waals surface area contributed by atoms with E-state index in [1.54, 1.807) is 36.5 Å². The highest BCUT2D eigenvalue weighted by molar-refractivity contribution is 5.96. The number of halogens is 3. The molecule has 14 heteroatoms. The maximum Gasteiger partial charge on any atom is 0.405 e. The molecule has 0 bridgehead atoms. The number of rotatable bonds is 14. The first kappa shape index (κ1) is 38.8. The molecule has 3 aromatic rings. The Hall–Kier alpha value is -4.98. The van der Waals surface area contributed by atoms with Crippen molar-refractivity contribution in [3.8, 4) is 0 Å². The molecule has 51 heavy (non-hydrogen) atoms. The van der Waals surface area contributed by atoms with Gasteiger partial charge in [0.25, 0.3) is 0 Å². The second-order valence-electron chi connectivity index (χ2n) is 12.7. The predicted molar refractivity (Wildman–Crippen MR) is 189 cm³/mol. The van der Waals surface area contributed by atoms with Gasteiger partial charge in [-0.05, 0) is 79.3 Å².